The predicted molar refractivity (Wildman–Crippen MR) is 140 cm³/mol. The van der Waals surface area contributed by atoms with Gasteiger partial charge in [0.25, 0.3) is 8.32 Å². The first-order valence-electron chi connectivity index (χ1n) is 11.3. The van der Waals surface area contributed by atoms with E-state index in [2.05, 4.69) is 50.4 Å². The van der Waals surface area contributed by atoms with Gasteiger partial charge in [-0.1, -0.05) is 93.6 Å². The fourth-order valence-corrected chi connectivity index (χ4v) is 9.59. The lowest BCUT2D eigenvalue weighted by Crippen LogP contribution is -2.67. The Morgan fingerprint density at radius 1 is 0.971 bits per heavy atom. The summed E-state index contributed by atoms with van der Waals surface area (Å²) in [6.07, 6.45) is 0. The number of thiocarbonyl (C=S) groups is 1. The van der Waals surface area contributed by atoms with Gasteiger partial charge < -0.3 is 9.74 Å². The van der Waals surface area contributed by atoms with E-state index in [4.69, 9.17) is 16.6 Å². The molecule has 1 amide bonds. The number of carbonyl (C=O) groups excluding carboxylic acids is 1. The Hall–Kier alpha value is -2.87. The molecule has 4 nitrogen and oxygen atoms in total. The van der Waals surface area contributed by atoms with E-state index in [0.29, 0.717) is 5.11 Å². The lowest BCUT2D eigenvalue weighted by atomic mass is 10.1. The molecule has 0 aliphatic carbocycles. The number of nitrogens with one attached hydrogen (secondary N) is 1. The Balaban J connectivity index is 1.82. The number of rotatable bonds is 7. The van der Waals surface area contributed by atoms with Crippen LogP contribution >= 0.6 is 12.2 Å². The number of carbonyl (C=O) groups is 1. The number of hydrogen-bond donors (Lipinski definition) is 1. The molecule has 1 fully saturated rings. The first kappa shape index (κ1) is 24.3. The van der Waals surface area contributed by atoms with Crippen LogP contribution < -0.4 is 15.7 Å². The van der Waals surface area contributed by atoms with E-state index in [1.807, 2.05) is 36.4 Å². The Kier molecular flexibility index (Phi) is 6.98. The van der Waals surface area contributed by atoms with Crippen LogP contribution in [-0.2, 0) is 9.22 Å². The summed E-state index contributed by atoms with van der Waals surface area (Å²) in [6, 6.07) is 26.4. The number of halogens is 1. The standard InChI is InChI=1S/C27H29FN2O2SSi/c1-27(2,3)34(22-10-6-4-7-11-22,23-12-8-5-9-13-23)32-19-24(20-14-16-21(28)17-15-20)30-25(31)18-29-26(30)33/h4-17,24H,18-19H2,1-3H3,(H,29,33)/t24-/m1/s1. The highest BCUT2D eigenvalue weighted by Crippen LogP contribution is 2.38. The maximum absolute atomic E-state index is 13.7. The molecule has 4 rings (SSSR count). The van der Waals surface area contributed by atoms with E-state index in [1.54, 1.807) is 17.0 Å². The maximum Gasteiger partial charge on any atom is 0.261 e. The summed E-state index contributed by atoms with van der Waals surface area (Å²) in [5.74, 6) is -0.450. The van der Waals surface area contributed by atoms with E-state index in [1.165, 1.54) is 12.1 Å². The lowest BCUT2D eigenvalue weighted by Gasteiger charge is -2.44. The summed E-state index contributed by atoms with van der Waals surface area (Å²) in [5, 5.41) is 5.42. The van der Waals surface area contributed by atoms with Gasteiger partial charge in [0.05, 0.1) is 19.2 Å². The van der Waals surface area contributed by atoms with Crippen molar-refractivity contribution in [1.29, 1.82) is 0 Å². The van der Waals surface area contributed by atoms with Crippen molar-refractivity contribution in [2.45, 2.75) is 31.9 Å². The third kappa shape index (κ3) is 4.55. The summed E-state index contributed by atoms with van der Waals surface area (Å²) in [6.45, 7) is 7.00. The molecule has 1 heterocycles. The molecule has 0 saturated carbocycles. The summed E-state index contributed by atoms with van der Waals surface area (Å²) in [4.78, 5) is 14.4. The van der Waals surface area contributed by atoms with E-state index >= 15 is 0 Å². The second-order valence-corrected chi connectivity index (χ2v) is 14.2. The first-order chi connectivity index (χ1) is 16.2. The Morgan fingerprint density at radius 2 is 1.50 bits per heavy atom. The van der Waals surface area contributed by atoms with E-state index in [9.17, 15) is 9.18 Å². The molecular weight excluding hydrogens is 463 g/mol. The maximum atomic E-state index is 13.7. The topological polar surface area (TPSA) is 41.6 Å². The summed E-state index contributed by atoms with van der Waals surface area (Å²) in [7, 11) is -2.83. The van der Waals surface area contributed by atoms with Gasteiger partial charge in [0, 0.05) is 0 Å². The predicted octanol–water partition coefficient (Wildman–Crippen LogP) is 4.16. The van der Waals surface area contributed by atoms with E-state index in [-0.39, 0.29) is 29.9 Å². The largest absolute Gasteiger partial charge is 0.405 e. The van der Waals surface area contributed by atoms with Crippen molar-refractivity contribution in [1.82, 2.24) is 10.2 Å². The molecule has 1 saturated heterocycles. The van der Waals surface area contributed by atoms with Crippen LogP contribution in [0.25, 0.3) is 0 Å². The molecule has 0 aromatic heterocycles. The summed E-state index contributed by atoms with van der Waals surface area (Å²) < 4.78 is 20.8. The molecule has 176 valence electrons. The molecule has 1 N–H and O–H groups in total. The molecular formula is C27H29FN2O2SSi. The summed E-state index contributed by atoms with van der Waals surface area (Å²) >= 11 is 5.46. The molecule has 34 heavy (non-hydrogen) atoms. The van der Waals surface area contributed by atoms with Crippen molar-refractivity contribution in [3.63, 3.8) is 0 Å². The van der Waals surface area contributed by atoms with Crippen molar-refractivity contribution in [3.05, 3.63) is 96.3 Å². The molecule has 7 heteroatoms. The number of nitrogens with zero attached hydrogens (tertiary/aromatic N) is 1. The van der Waals surface area contributed by atoms with Gasteiger partial charge in [-0.2, -0.15) is 0 Å². The van der Waals surface area contributed by atoms with Crippen molar-refractivity contribution >= 4 is 41.9 Å². The fourth-order valence-electron chi connectivity index (χ4n) is 4.72. The minimum absolute atomic E-state index is 0.120. The third-order valence-electron chi connectivity index (χ3n) is 6.32. The van der Waals surface area contributed by atoms with Gasteiger partial charge in [0.1, 0.15) is 5.82 Å². The van der Waals surface area contributed by atoms with Crippen LogP contribution in [0.5, 0.6) is 0 Å². The van der Waals surface area contributed by atoms with Crippen LogP contribution in [-0.4, -0.2) is 37.4 Å². The SMILES string of the molecule is CC(C)(C)[Si](OC[C@H](c1ccc(F)cc1)N1C(=O)CNC1=S)(c1ccccc1)c1ccccc1. The second kappa shape index (κ2) is 9.78. The number of amides is 1. The van der Waals surface area contributed by atoms with Crippen LogP contribution in [0.4, 0.5) is 4.39 Å². The van der Waals surface area contributed by atoms with Crippen molar-refractivity contribution in [2.24, 2.45) is 0 Å². The minimum atomic E-state index is -2.83. The average molecular weight is 493 g/mol. The number of hydrogen-bond acceptors (Lipinski definition) is 3. The zero-order chi connectivity index (χ0) is 24.3. The fraction of sp³-hybridized carbons (Fsp3) is 0.259. The monoisotopic (exact) mass is 492 g/mol. The average Bonchev–Trinajstić information content (AvgIpc) is 3.16. The van der Waals surface area contributed by atoms with Gasteiger partial charge in [-0.3, -0.25) is 9.69 Å². The quantitative estimate of drug-likeness (QED) is 0.397. The molecule has 1 aliphatic heterocycles. The number of benzene rings is 3. The Labute approximate surface area is 206 Å². The van der Waals surface area contributed by atoms with Crippen LogP contribution in [0.3, 0.4) is 0 Å². The molecule has 1 atom stereocenters. The van der Waals surface area contributed by atoms with Gasteiger partial charge >= 0.3 is 0 Å². The normalized spacial score (nSPS) is 15.4. The van der Waals surface area contributed by atoms with Gasteiger partial charge in [-0.25, -0.2) is 4.39 Å². The second-order valence-electron chi connectivity index (χ2n) is 9.46. The molecule has 3 aromatic rings. The molecule has 0 spiro atoms. The van der Waals surface area contributed by atoms with Gasteiger partial charge in [0.15, 0.2) is 5.11 Å². The molecule has 1 aliphatic rings. The molecule has 0 bridgehead atoms. The molecule has 0 unspecified atom stereocenters. The Morgan fingerprint density at radius 3 is 1.94 bits per heavy atom. The van der Waals surface area contributed by atoms with Crippen molar-refractivity contribution in [2.75, 3.05) is 13.2 Å². The van der Waals surface area contributed by atoms with Crippen molar-refractivity contribution < 1.29 is 13.6 Å². The first-order valence-corrected chi connectivity index (χ1v) is 13.7. The van der Waals surface area contributed by atoms with Crippen molar-refractivity contribution in [3.8, 4) is 0 Å². The van der Waals surface area contributed by atoms with Gasteiger partial charge in [-0.05, 0) is 45.3 Å². The third-order valence-corrected chi connectivity index (χ3v) is 11.7. The molecule has 3 aromatic carbocycles. The zero-order valence-electron chi connectivity index (χ0n) is 19.6. The highest BCUT2D eigenvalue weighted by molar-refractivity contribution is 7.80. The Bertz CT molecular complexity index is 1100. The zero-order valence-corrected chi connectivity index (χ0v) is 21.4. The van der Waals surface area contributed by atoms with Crippen LogP contribution in [0.15, 0.2) is 84.9 Å². The lowest BCUT2D eigenvalue weighted by molar-refractivity contribution is -0.126. The smallest absolute Gasteiger partial charge is 0.261 e. The van der Waals surface area contributed by atoms with E-state index < -0.39 is 14.4 Å². The van der Waals surface area contributed by atoms with Crippen LogP contribution in [0, 0.1) is 5.82 Å². The van der Waals surface area contributed by atoms with E-state index in [0.717, 1.165) is 15.9 Å². The highest BCUT2D eigenvalue weighted by Gasteiger charge is 2.51. The minimum Gasteiger partial charge on any atom is -0.405 e. The molecule has 0 radical (unpaired) electrons. The van der Waals surface area contributed by atoms with Gasteiger partial charge in [-0.15, -0.1) is 0 Å². The van der Waals surface area contributed by atoms with Gasteiger partial charge in [0.2, 0.25) is 5.91 Å². The summed E-state index contributed by atoms with van der Waals surface area (Å²) in [5.41, 5.74) is 0.777. The highest BCUT2D eigenvalue weighted by atomic mass is 32.1. The van der Waals surface area contributed by atoms with Crippen LogP contribution in [0.2, 0.25) is 5.04 Å². The van der Waals surface area contributed by atoms with Crippen LogP contribution in [0.1, 0.15) is 32.4 Å².